The molecule has 1 aromatic heterocycles. The van der Waals surface area contributed by atoms with E-state index in [2.05, 4.69) is 10.3 Å². The highest BCUT2D eigenvalue weighted by molar-refractivity contribution is 6.00. The lowest BCUT2D eigenvalue weighted by molar-refractivity contribution is 0.214. The van der Waals surface area contributed by atoms with Crippen molar-refractivity contribution in [1.29, 1.82) is 0 Å². The van der Waals surface area contributed by atoms with Crippen LogP contribution < -0.4 is 11.1 Å². The summed E-state index contributed by atoms with van der Waals surface area (Å²) in [4.78, 5) is 4.13. The number of nitrogens with one attached hydrogen (secondary N) is 1. The third-order valence-electron chi connectivity index (χ3n) is 4.11. The normalized spacial score (nSPS) is 17.7. The molecule has 1 heterocycles. The van der Waals surface area contributed by atoms with Gasteiger partial charge in [0.1, 0.15) is 0 Å². The van der Waals surface area contributed by atoms with Gasteiger partial charge in [-0.05, 0) is 31.0 Å². The van der Waals surface area contributed by atoms with Gasteiger partial charge in [-0.3, -0.25) is 4.98 Å². The van der Waals surface area contributed by atoms with Crippen LogP contribution in [0, 0.1) is 0 Å². The maximum Gasteiger partial charge on any atom is 0.0661 e. The Kier molecular flexibility index (Phi) is 3.03. The predicted octanol–water partition coefficient (Wildman–Crippen LogP) is 2.53. The van der Waals surface area contributed by atoms with Gasteiger partial charge in [-0.2, -0.15) is 0 Å². The van der Waals surface area contributed by atoms with Crippen molar-refractivity contribution < 1.29 is 5.11 Å². The fourth-order valence-corrected chi connectivity index (χ4v) is 2.98. The molecular weight excluding hydrogens is 238 g/mol. The number of aromatic nitrogens is 1. The second-order valence-electron chi connectivity index (χ2n) is 5.39. The van der Waals surface area contributed by atoms with Crippen molar-refractivity contribution >= 4 is 22.1 Å². The minimum absolute atomic E-state index is 0.171. The molecule has 3 rings (SSSR count). The molecule has 1 aromatic carbocycles. The van der Waals surface area contributed by atoms with E-state index >= 15 is 0 Å². The molecule has 0 bridgehead atoms. The number of pyridine rings is 1. The average molecular weight is 257 g/mol. The van der Waals surface area contributed by atoms with Gasteiger partial charge < -0.3 is 16.2 Å². The van der Waals surface area contributed by atoms with E-state index < -0.39 is 0 Å². The average Bonchev–Trinajstić information content (AvgIpc) is 2.92. The Morgan fingerprint density at radius 1 is 1.21 bits per heavy atom. The van der Waals surface area contributed by atoms with E-state index in [9.17, 15) is 5.11 Å². The van der Waals surface area contributed by atoms with Gasteiger partial charge in [-0.15, -0.1) is 0 Å². The Hall–Kier alpha value is -1.81. The zero-order valence-electron chi connectivity index (χ0n) is 10.9. The van der Waals surface area contributed by atoms with Crippen LogP contribution in [0.3, 0.4) is 0 Å². The molecule has 1 aliphatic rings. The fourth-order valence-electron chi connectivity index (χ4n) is 2.98. The summed E-state index contributed by atoms with van der Waals surface area (Å²) < 4.78 is 0. The highest BCUT2D eigenvalue weighted by Crippen LogP contribution is 2.36. The van der Waals surface area contributed by atoms with Crippen molar-refractivity contribution in [1.82, 2.24) is 4.98 Å². The van der Waals surface area contributed by atoms with Gasteiger partial charge in [0.15, 0.2) is 0 Å². The molecule has 0 atom stereocenters. The quantitative estimate of drug-likeness (QED) is 0.739. The zero-order chi connectivity index (χ0) is 13.3. The summed E-state index contributed by atoms with van der Waals surface area (Å²) in [6.45, 7) is 0.171. The summed E-state index contributed by atoms with van der Waals surface area (Å²) in [6.07, 6.45) is 7.92. The zero-order valence-corrected chi connectivity index (χ0v) is 10.9. The van der Waals surface area contributed by atoms with E-state index in [0.29, 0.717) is 0 Å². The maximum atomic E-state index is 9.70. The molecule has 4 heteroatoms. The molecule has 19 heavy (non-hydrogen) atoms. The smallest absolute Gasteiger partial charge is 0.0661 e. The standard InChI is InChI=1S/C15H19N3O/c16-13-3-4-14(11-5-8-17-9-12(11)13)18-15(10-19)6-1-2-7-15/h3-5,8-9,18-19H,1-2,6-7,10,16H2. The van der Waals surface area contributed by atoms with Gasteiger partial charge in [0.25, 0.3) is 0 Å². The first-order valence-corrected chi connectivity index (χ1v) is 6.75. The van der Waals surface area contributed by atoms with Gasteiger partial charge in [0.2, 0.25) is 0 Å². The summed E-state index contributed by atoms with van der Waals surface area (Å²) in [7, 11) is 0. The largest absolute Gasteiger partial charge is 0.398 e. The van der Waals surface area contributed by atoms with E-state index in [0.717, 1.165) is 35.0 Å². The van der Waals surface area contributed by atoms with Gasteiger partial charge in [0, 0.05) is 34.5 Å². The van der Waals surface area contributed by atoms with Crippen molar-refractivity contribution in [2.75, 3.05) is 17.7 Å². The number of benzene rings is 1. The number of nitrogens with two attached hydrogens (primary N) is 1. The Labute approximate surface area is 112 Å². The Morgan fingerprint density at radius 2 is 2.00 bits per heavy atom. The molecule has 0 spiro atoms. The second-order valence-corrected chi connectivity index (χ2v) is 5.39. The topological polar surface area (TPSA) is 71.2 Å². The number of aliphatic hydroxyl groups excluding tert-OH is 1. The molecule has 100 valence electrons. The summed E-state index contributed by atoms with van der Waals surface area (Å²) in [6, 6.07) is 5.85. The van der Waals surface area contributed by atoms with E-state index in [1.54, 1.807) is 12.4 Å². The van der Waals surface area contributed by atoms with Crippen molar-refractivity contribution in [3.63, 3.8) is 0 Å². The first kappa shape index (κ1) is 12.2. The number of aliphatic hydroxyl groups is 1. The van der Waals surface area contributed by atoms with Crippen LogP contribution >= 0.6 is 0 Å². The molecule has 4 nitrogen and oxygen atoms in total. The lowest BCUT2D eigenvalue weighted by Crippen LogP contribution is -2.39. The first-order chi connectivity index (χ1) is 9.24. The van der Waals surface area contributed by atoms with Gasteiger partial charge in [-0.1, -0.05) is 12.8 Å². The van der Waals surface area contributed by atoms with Crippen molar-refractivity contribution in [3.8, 4) is 0 Å². The lowest BCUT2D eigenvalue weighted by atomic mass is 9.97. The van der Waals surface area contributed by atoms with Crippen LogP contribution in [0.5, 0.6) is 0 Å². The van der Waals surface area contributed by atoms with E-state index in [4.69, 9.17) is 5.73 Å². The van der Waals surface area contributed by atoms with Crippen LogP contribution in [0.4, 0.5) is 11.4 Å². The molecule has 1 aliphatic carbocycles. The third-order valence-corrected chi connectivity index (χ3v) is 4.11. The molecule has 0 amide bonds. The Morgan fingerprint density at radius 3 is 2.74 bits per heavy atom. The van der Waals surface area contributed by atoms with Crippen LogP contribution in [-0.4, -0.2) is 22.2 Å². The molecule has 0 aliphatic heterocycles. The van der Waals surface area contributed by atoms with Crippen LogP contribution in [-0.2, 0) is 0 Å². The number of hydrogen-bond acceptors (Lipinski definition) is 4. The van der Waals surface area contributed by atoms with Crippen LogP contribution in [0.1, 0.15) is 25.7 Å². The first-order valence-electron chi connectivity index (χ1n) is 6.75. The summed E-state index contributed by atoms with van der Waals surface area (Å²) in [5.41, 5.74) is 7.57. The number of anilines is 2. The van der Waals surface area contributed by atoms with Crippen LogP contribution in [0.2, 0.25) is 0 Å². The summed E-state index contributed by atoms with van der Waals surface area (Å²) in [5, 5.41) is 15.3. The highest BCUT2D eigenvalue weighted by atomic mass is 16.3. The SMILES string of the molecule is Nc1ccc(NC2(CO)CCCC2)c2ccncc12. The predicted molar refractivity (Wildman–Crippen MR) is 78.1 cm³/mol. The Balaban J connectivity index is 2.03. The number of fused-ring (bicyclic) bond motifs is 1. The molecule has 1 fully saturated rings. The number of hydrogen-bond donors (Lipinski definition) is 3. The second kappa shape index (κ2) is 4.70. The molecular formula is C15H19N3O. The third kappa shape index (κ3) is 2.12. The lowest BCUT2D eigenvalue weighted by Gasteiger charge is -2.30. The monoisotopic (exact) mass is 257 g/mol. The van der Waals surface area contributed by atoms with Gasteiger partial charge in [0.05, 0.1) is 12.1 Å². The molecule has 2 aromatic rings. The summed E-state index contributed by atoms with van der Waals surface area (Å²) >= 11 is 0. The highest BCUT2D eigenvalue weighted by Gasteiger charge is 2.33. The molecule has 0 saturated heterocycles. The minimum Gasteiger partial charge on any atom is -0.398 e. The molecule has 0 radical (unpaired) electrons. The summed E-state index contributed by atoms with van der Waals surface area (Å²) in [5.74, 6) is 0. The van der Waals surface area contributed by atoms with E-state index in [1.807, 2.05) is 18.2 Å². The number of nitrogens with zero attached hydrogens (tertiary/aromatic N) is 1. The molecule has 1 saturated carbocycles. The van der Waals surface area contributed by atoms with Crippen molar-refractivity contribution in [2.45, 2.75) is 31.2 Å². The molecule has 0 unspecified atom stereocenters. The number of rotatable bonds is 3. The van der Waals surface area contributed by atoms with Crippen molar-refractivity contribution in [3.05, 3.63) is 30.6 Å². The maximum absolute atomic E-state index is 9.70. The minimum atomic E-state index is -0.174. The van der Waals surface area contributed by atoms with Crippen molar-refractivity contribution in [2.24, 2.45) is 0 Å². The van der Waals surface area contributed by atoms with Gasteiger partial charge in [-0.25, -0.2) is 0 Å². The van der Waals surface area contributed by atoms with E-state index in [1.165, 1.54) is 12.8 Å². The Bertz CT molecular complexity index is 591. The van der Waals surface area contributed by atoms with Crippen LogP contribution in [0.15, 0.2) is 30.6 Å². The van der Waals surface area contributed by atoms with Crippen LogP contribution in [0.25, 0.3) is 10.8 Å². The number of nitrogen functional groups attached to an aromatic ring is 1. The van der Waals surface area contributed by atoms with Gasteiger partial charge >= 0.3 is 0 Å². The fraction of sp³-hybridized carbons (Fsp3) is 0.400. The molecule has 4 N–H and O–H groups in total. The van der Waals surface area contributed by atoms with E-state index in [-0.39, 0.29) is 12.1 Å².